The van der Waals surface area contributed by atoms with Crippen LogP contribution in [0.15, 0.2) is 18.3 Å². The van der Waals surface area contributed by atoms with Crippen molar-refractivity contribution in [1.82, 2.24) is 9.88 Å². The zero-order valence-corrected chi connectivity index (χ0v) is 15.1. The number of hydrogen-bond donors (Lipinski definition) is 1. The van der Waals surface area contributed by atoms with Gasteiger partial charge in [0.15, 0.2) is 0 Å². The lowest BCUT2D eigenvalue weighted by Crippen LogP contribution is -2.47. The molecule has 3 aliphatic rings. The van der Waals surface area contributed by atoms with E-state index < -0.39 is 0 Å². The highest BCUT2D eigenvalue weighted by atomic mass is 16.3. The van der Waals surface area contributed by atoms with Crippen LogP contribution in [0.4, 0.5) is 5.82 Å². The molecule has 1 aromatic rings. The van der Waals surface area contributed by atoms with Gasteiger partial charge in [-0.25, -0.2) is 4.98 Å². The van der Waals surface area contributed by atoms with Gasteiger partial charge in [-0.1, -0.05) is 0 Å². The Labute approximate surface area is 154 Å². The van der Waals surface area contributed by atoms with Crippen LogP contribution in [0.2, 0.25) is 0 Å². The van der Waals surface area contributed by atoms with Crippen molar-refractivity contribution >= 4 is 11.7 Å². The van der Waals surface area contributed by atoms with E-state index in [2.05, 4.69) is 20.9 Å². The van der Waals surface area contributed by atoms with E-state index in [4.69, 9.17) is 5.26 Å². The number of nitrogens with zero attached hydrogens (tertiary/aromatic N) is 4. The van der Waals surface area contributed by atoms with Crippen molar-refractivity contribution < 1.29 is 9.90 Å². The standard InChI is InChI=1S/C20H26N4O2/c21-13-15-1-6-18(22-14-15)23-10-7-20(8-11-23)9-12-24(19(20)26)16-2-4-17(25)5-3-16/h1,6,14,16-17,25H,2-5,7-12H2. The predicted molar refractivity (Wildman–Crippen MR) is 97.4 cm³/mol. The number of nitriles is 1. The number of aromatic nitrogens is 1. The molecule has 0 aromatic carbocycles. The van der Waals surface area contributed by atoms with E-state index in [1.807, 2.05) is 6.07 Å². The van der Waals surface area contributed by atoms with Crippen LogP contribution in [-0.4, -0.2) is 52.7 Å². The second kappa shape index (κ2) is 6.88. The molecule has 1 amide bonds. The van der Waals surface area contributed by atoms with Gasteiger partial charge in [-0.05, 0) is 57.1 Å². The first-order chi connectivity index (χ1) is 12.6. The van der Waals surface area contributed by atoms with Gasteiger partial charge in [0.2, 0.25) is 5.91 Å². The summed E-state index contributed by atoms with van der Waals surface area (Å²) in [5.41, 5.74) is 0.376. The maximum Gasteiger partial charge on any atom is 0.229 e. The van der Waals surface area contributed by atoms with Crippen LogP contribution < -0.4 is 4.90 Å². The Balaban J connectivity index is 1.39. The van der Waals surface area contributed by atoms with Gasteiger partial charge in [0.05, 0.1) is 17.1 Å². The molecule has 1 aliphatic carbocycles. The van der Waals surface area contributed by atoms with Gasteiger partial charge in [-0.15, -0.1) is 0 Å². The van der Waals surface area contributed by atoms with E-state index >= 15 is 0 Å². The number of pyridine rings is 1. The highest BCUT2D eigenvalue weighted by Gasteiger charge is 2.50. The van der Waals surface area contributed by atoms with Gasteiger partial charge in [0, 0.05) is 31.9 Å². The van der Waals surface area contributed by atoms with E-state index in [-0.39, 0.29) is 11.5 Å². The number of piperidine rings is 1. The van der Waals surface area contributed by atoms with Gasteiger partial charge in [-0.3, -0.25) is 4.79 Å². The molecule has 2 aliphatic heterocycles. The first kappa shape index (κ1) is 17.3. The largest absolute Gasteiger partial charge is 0.393 e. The third kappa shape index (κ3) is 3.05. The SMILES string of the molecule is N#Cc1ccc(N2CCC3(CC2)CCN(C2CCC(O)CC2)C3=O)nc1. The summed E-state index contributed by atoms with van der Waals surface area (Å²) in [6.45, 7) is 2.54. The Morgan fingerprint density at radius 2 is 1.81 bits per heavy atom. The molecule has 1 aromatic heterocycles. The molecule has 3 heterocycles. The van der Waals surface area contributed by atoms with E-state index in [0.29, 0.717) is 17.5 Å². The molecule has 138 valence electrons. The summed E-state index contributed by atoms with van der Waals surface area (Å²) in [5, 5.41) is 18.6. The van der Waals surface area contributed by atoms with Crippen LogP contribution in [0, 0.1) is 16.7 Å². The minimum atomic E-state index is -0.195. The molecule has 6 heteroatoms. The van der Waals surface area contributed by atoms with E-state index in [1.54, 1.807) is 12.3 Å². The fourth-order valence-corrected chi connectivity index (χ4v) is 4.83. The van der Waals surface area contributed by atoms with E-state index in [1.165, 1.54) is 0 Å². The number of aliphatic hydroxyl groups is 1. The second-order valence-electron chi connectivity index (χ2n) is 8.00. The normalized spacial score (nSPS) is 28.4. The van der Waals surface area contributed by atoms with Gasteiger partial charge in [0.25, 0.3) is 0 Å². The summed E-state index contributed by atoms with van der Waals surface area (Å²) < 4.78 is 0. The van der Waals surface area contributed by atoms with Crippen LogP contribution >= 0.6 is 0 Å². The summed E-state index contributed by atoms with van der Waals surface area (Å²) in [6.07, 6.45) is 7.65. The van der Waals surface area contributed by atoms with Crippen molar-refractivity contribution in [3.8, 4) is 6.07 Å². The van der Waals surface area contributed by atoms with Crippen molar-refractivity contribution in [3.63, 3.8) is 0 Å². The Morgan fingerprint density at radius 1 is 1.12 bits per heavy atom. The minimum absolute atomic E-state index is 0.180. The lowest BCUT2D eigenvalue weighted by Gasteiger charge is -2.40. The monoisotopic (exact) mass is 354 g/mol. The Morgan fingerprint density at radius 3 is 2.42 bits per heavy atom. The number of hydrogen-bond acceptors (Lipinski definition) is 5. The molecule has 1 spiro atoms. The van der Waals surface area contributed by atoms with E-state index in [0.717, 1.165) is 70.4 Å². The molecule has 2 saturated heterocycles. The van der Waals surface area contributed by atoms with Gasteiger partial charge >= 0.3 is 0 Å². The Bertz CT molecular complexity index is 696. The average Bonchev–Trinajstić information content (AvgIpc) is 2.99. The average molecular weight is 354 g/mol. The number of carbonyl (C=O) groups is 1. The fraction of sp³-hybridized carbons (Fsp3) is 0.650. The summed E-state index contributed by atoms with van der Waals surface area (Å²) in [7, 11) is 0. The van der Waals surface area contributed by atoms with Crippen LogP contribution in [0.3, 0.4) is 0 Å². The molecule has 1 N–H and O–H groups in total. The minimum Gasteiger partial charge on any atom is -0.393 e. The summed E-state index contributed by atoms with van der Waals surface area (Å²) in [4.78, 5) is 21.9. The van der Waals surface area contributed by atoms with Crippen LogP contribution in [0.25, 0.3) is 0 Å². The molecule has 0 radical (unpaired) electrons. The van der Waals surface area contributed by atoms with Crippen molar-refractivity contribution in [1.29, 1.82) is 5.26 Å². The van der Waals surface area contributed by atoms with Crippen LogP contribution in [-0.2, 0) is 4.79 Å². The van der Waals surface area contributed by atoms with Gasteiger partial charge in [-0.2, -0.15) is 5.26 Å². The van der Waals surface area contributed by atoms with Crippen LogP contribution in [0.1, 0.15) is 50.5 Å². The molecule has 0 bridgehead atoms. The maximum atomic E-state index is 13.2. The Hall–Kier alpha value is -2.13. The highest BCUT2D eigenvalue weighted by Crippen LogP contribution is 2.44. The maximum absolute atomic E-state index is 13.2. The summed E-state index contributed by atoms with van der Waals surface area (Å²) in [6, 6.07) is 6.11. The molecular weight excluding hydrogens is 328 g/mol. The van der Waals surface area contributed by atoms with Crippen LogP contribution in [0.5, 0.6) is 0 Å². The summed E-state index contributed by atoms with van der Waals surface area (Å²) >= 11 is 0. The molecule has 26 heavy (non-hydrogen) atoms. The van der Waals surface area contributed by atoms with Gasteiger partial charge < -0.3 is 14.9 Å². The molecule has 6 nitrogen and oxygen atoms in total. The lowest BCUT2D eigenvalue weighted by atomic mass is 9.77. The molecule has 3 fully saturated rings. The van der Waals surface area contributed by atoms with Crippen molar-refractivity contribution in [2.24, 2.45) is 5.41 Å². The van der Waals surface area contributed by atoms with Crippen molar-refractivity contribution in [2.75, 3.05) is 24.5 Å². The number of likely N-dealkylation sites (tertiary alicyclic amines) is 1. The third-order valence-electron chi connectivity index (χ3n) is 6.57. The smallest absolute Gasteiger partial charge is 0.229 e. The predicted octanol–water partition coefficient (Wildman–Crippen LogP) is 2.08. The topological polar surface area (TPSA) is 80.5 Å². The third-order valence-corrected chi connectivity index (χ3v) is 6.57. The number of anilines is 1. The number of amides is 1. The molecule has 4 rings (SSSR count). The number of rotatable bonds is 2. The quantitative estimate of drug-likeness (QED) is 0.879. The summed E-state index contributed by atoms with van der Waals surface area (Å²) in [5.74, 6) is 1.23. The number of carbonyl (C=O) groups excluding carboxylic acids is 1. The van der Waals surface area contributed by atoms with Crippen molar-refractivity contribution in [3.05, 3.63) is 23.9 Å². The first-order valence-electron chi connectivity index (χ1n) is 9.71. The zero-order chi connectivity index (χ0) is 18.1. The molecule has 1 saturated carbocycles. The van der Waals surface area contributed by atoms with Crippen molar-refractivity contribution in [2.45, 2.75) is 57.1 Å². The highest BCUT2D eigenvalue weighted by molar-refractivity contribution is 5.85. The first-order valence-corrected chi connectivity index (χ1v) is 9.71. The molecule has 0 unspecified atom stereocenters. The Kier molecular flexibility index (Phi) is 4.58. The van der Waals surface area contributed by atoms with Gasteiger partial charge in [0.1, 0.15) is 11.9 Å². The lowest BCUT2D eigenvalue weighted by molar-refractivity contribution is -0.139. The molecular formula is C20H26N4O2. The molecule has 0 atom stereocenters. The number of aliphatic hydroxyl groups excluding tert-OH is 1. The second-order valence-corrected chi connectivity index (χ2v) is 8.00. The van der Waals surface area contributed by atoms with E-state index in [9.17, 15) is 9.90 Å². The fourth-order valence-electron chi connectivity index (χ4n) is 4.83. The zero-order valence-electron chi connectivity index (χ0n) is 15.1.